The second kappa shape index (κ2) is 9.97. The summed E-state index contributed by atoms with van der Waals surface area (Å²) in [6.45, 7) is 0. The molecule has 6 rings (SSSR count). The van der Waals surface area contributed by atoms with E-state index in [1.807, 2.05) is 72.8 Å². The minimum absolute atomic E-state index is 0.657. The Balaban J connectivity index is 1.64. The lowest BCUT2D eigenvalue weighted by Gasteiger charge is -2.11. The molecule has 4 aromatic carbocycles. The van der Waals surface area contributed by atoms with E-state index in [4.69, 9.17) is 15.0 Å². The molecule has 0 atom stereocenters. The lowest BCUT2D eigenvalue weighted by Crippen LogP contribution is -2.00. The van der Waals surface area contributed by atoms with E-state index < -0.39 is 0 Å². The first-order valence-electron chi connectivity index (χ1n) is 11.6. The molecule has 172 valence electrons. The fourth-order valence-corrected chi connectivity index (χ4v) is 6.13. The van der Waals surface area contributed by atoms with Crippen molar-refractivity contribution >= 4 is 27.3 Å². The number of thiophene rings is 1. The van der Waals surface area contributed by atoms with Crippen molar-refractivity contribution in [3.63, 3.8) is 0 Å². The number of aromatic nitrogens is 3. The minimum Gasteiger partial charge on any atom is -0.208 e. The van der Waals surface area contributed by atoms with Crippen LogP contribution < -0.4 is 0 Å². The van der Waals surface area contributed by atoms with Gasteiger partial charge >= 0.3 is 0 Å². The Morgan fingerprint density at radius 1 is 0.417 bits per heavy atom. The molecule has 0 N–H and O–H groups in total. The summed E-state index contributed by atoms with van der Waals surface area (Å²) in [5, 5.41) is 0. The Kier molecular flexibility index (Phi) is 6.24. The smallest absolute Gasteiger partial charge is 0.174 e. The third-order valence-corrected chi connectivity index (χ3v) is 7.75. The van der Waals surface area contributed by atoms with Crippen molar-refractivity contribution in [1.82, 2.24) is 15.0 Å². The van der Waals surface area contributed by atoms with Crippen LogP contribution in [0.5, 0.6) is 0 Å². The van der Waals surface area contributed by atoms with Gasteiger partial charge in [0, 0.05) is 22.3 Å². The van der Waals surface area contributed by atoms with Crippen LogP contribution in [0.3, 0.4) is 0 Å². The average molecular weight is 546 g/mol. The van der Waals surface area contributed by atoms with E-state index in [-0.39, 0.29) is 0 Å². The maximum atomic E-state index is 5.00. The molecule has 5 heteroatoms. The summed E-state index contributed by atoms with van der Waals surface area (Å²) in [6, 6.07) is 41.1. The number of benzene rings is 4. The third-order valence-electron chi connectivity index (χ3n) is 5.89. The Morgan fingerprint density at radius 2 is 0.778 bits per heavy atom. The molecule has 0 fully saturated rings. The zero-order chi connectivity index (χ0) is 24.3. The van der Waals surface area contributed by atoms with Crippen LogP contribution in [0.2, 0.25) is 0 Å². The van der Waals surface area contributed by atoms with Crippen LogP contribution in [-0.2, 0) is 0 Å². The quantitative estimate of drug-likeness (QED) is 0.217. The summed E-state index contributed by atoms with van der Waals surface area (Å²) in [5.41, 5.74) is 6.44. The SMILES string of the molecule is Brc1sc(-c2nc(-c3ccccc3)nc(-c3ccccc3)n2)c(-c2ccccc2)c1-c1ccccc1. The maximum absolute atomic E-state index is 5.00. The van der Waals surface area contributed by atoms with Crippen LogP contribution in [0.15, 0.2) is 125 Å². The Hall–Kier alpha value is -3.93. The molecule has 6 aromatic rings. The summed E-state index contributed by atoms with van der Waals surface area (Å²) in [5.74, 6) is 1.97. The van der Waals surface area contributed by atoms with Crippen molar-refractivity contribution < 1.29 is 0 Å². The Bertz CT molecular complexity index is 1560. The molecule has 0 radical (unpaired) electrons. The fourth-order valence-electron chi connectivity index (χ4n) is 4.21. The van der Waals surface area contributed by atoms with Crippen molar-refractivity contribution in [2.75, 3.05) is 0 Å². The lowest BCUT2D eigenvalue weighted by atomic mass is 9.96. The second-order valence-corrected chi connectivity index (χ2v) is 10.6. The van der Waals surface area contributed by atoms with Gasteiger partial charge in [0.05, 0.1) is 8.66 Å². The Labute approximate surface area is 222 Å². The highest BCUT2D eigenvalue weighted by atomic mass is 79.9. The maximum Gasteiger partial charge on any atom is 0.174 e. The van der Waals surface area contributed by atoms with Crippen LogP contribution >= 0.6 is 27.3 Å². The monoisotopic (exact) mass is 545 g/mol. The van der Waals surface area contributed by atoms with E-state index in [2.05, 4.69) is 64.5 Å². The normalized spacial score (nSPS) is 10.9. The van der Waals surface area contributed by atoms with E-state index in [0.29, 0.717) is 17.5 Å². The molecule has 2 aromatic heterocycles. The standard InChI is InChI=1S/C31H20BrN3S/c32-28-26(22-15-7-2-8-16-22)25(21-13-5-1-6-14-21)27(36-28)31-34-29(23-17-9-3-10-18-23)33-30(35-31)24-19-11-4-12-20-24/h1-20H. The molecule has 3 nitrogen and oxygen atoms in total. The highest BCUT2D eigenvalue weighted by Gasteiger charge is 2.24. The molecular formula is C31H20BrN3S. The molecule has 0 aliphatic carbocycles. The zero-order valence-electron chi connectivity index (χ0n) is 19.2. The highest BCUT2D eigenvalue weighted by molar-refractivity contribution is 9.11. The number of rotatable bonds is 5. The summed E-state index contributed by atoms with van der Waals surface area (Å²) in [7, 11) is 0. The molecule has 0 bridgehead atoms. The van der Waals surface area contributed by atoms with E-state index in [0.717, 1.165) is 42.0 Å². The lowest BCUT2D eigenvalue weighted by molar-refractivity contribution is 1.08. The topological polar surface area (TPSA) is 38.7 Å². The van der Waals surface area contributed by atoms with Crippen molar-refractivity contribution in [3.8, 4) is 55.7 Å². The molecule has 36 heavy (non-hydrogen) atoms. The van der Waals surface area contributed by atoms with E-state index in [9.17, 15) is 0 Å². The molecule has 0 spiro atoms. The van der Waals surface area contributed by atoms with Crippen LogP contribution in [0.1, 0.15) is 0 Å². The van der Waals surface area contributed by atoms with Gasteiger partial charge in [-0.3, -0.25) is 0 Å². The minimum atomic E-state index is 0.657. The van der Waals surface area contributed by atoms with Crippen LogP contribution in [-0.4, -0.2) is 15.0 Å². The first-order valence-corrected chi connectivity index (χ1v) is 13.2. The van der Waals surface area contributed by atoms with Gasteiger partial charge in [-0.1, -0.05) is 121 Å². The number of nitrogens with zero attached hydrogens (tertiary/aromatic N) is 3. The first-order chi connectivity index (χ1) is 17.8. The van der Waals surface area contributed by atoms with Gasteiger partial charge in [-0.15, -0.1) is 11.3 Å². The first kappa shape index (κ1) is 22.5. The number of halogens is 1. The summed E-state index contributed by atoms with van der Waals surface area (Å²) in [6.07, 6.45) is 0. The van der Waals surface area contributed by atoms with Crippen LogP contribution in [0.25, 0.3) is 55.7 Å². The van der Waals surface area contributed by atoms with E-state index in [1.54, 1.807) is 11.3 Å². The Morgan fingerprint density at radius 3 is 1.22 bits per heavy atom. The van der Waals surface area contributed by atoms with Crippen molar-refractivity contribution in [1.29, 1.82) is 0 Å². The summed E-state index contributed by atoms with van der Waals surface area (Å²) < 4.78 is 1.05. The predicted octanol–water partition coefficient (Wildman–Crippen LogP) is 9.03. The second-order valence-electron chi connectivity index (χ2n) is 8.23. The predicted molar refractivity (Wildman–Crippen MR) is 153 cm³/mol. The molecule has 0 unspecified atom stereocenters. The van der Waals surface area contributed by atoms with Gasteiger partial charge in [-0.25, -0.2) is 15.0 Å². The van der Waals surface area contributed by atoms with Crippen LogP contribution in [0, 0.1) is 0 Å². The summed E-state index contributed by atoms with van der Waals surface area (Å²) in [4.78, 5) is 15.9. The molecule has 0 saturated heterocycles. The zero-order valence-corrected chi connectivity index (χ0v) is 21.6. The van der Waals surface area contributed by atoms with Gasteiger partial charge in [-0.05, 0) is 27.1 Å². The molecule has 0 saturated carbocycles. The average Bonchev–Trinajstić information content (AvgIpc) is 3.31. The van der Waals surface area contributed by atoms with Crippen molar-refractivity contribution in [2.24, 2.45) is 0 Å². The molecular weight excluding hydrogens is 526 g/mol. The van der Waals surface area contributed by atoms with E-state index in [1.165, 1.54) is 0 Å². The molecule has 0 amide bonds. The fraction of sp³-hybridized carbons (Fsp3) is 0. The molecule has 0 aliphatic heterocycles. The van der Waals surface area contributed by atoms with Gasteiger partial charge < -0.3 is 0 Å². The number of hydrogen-bond acceptors (Lipinski definition) is 4. The molecule has 2 heterocycles. The van der Waals surface area contributed by atoms with Gasteiger partial charge in [0.15, 0.2) is 17.5 Å². The van der Waals surface area contributed by atoms with Crippen molar-refractivity contribution in [3.05, 3.63) is 125 Å². The largest absolute Gasteiger partial charge is 0.208 e. The molecule has 0 aliphatic rings. The number of hydrogen-bond donors (Lipinski definition) is 0. The van der Waals surface area contributed by atoms with Crippen LogP contribution in [0.4, 0.5) is 0 Å². The van der Waals surface area contributed by atoms with Gasteiger partial charge in [0.2, 0.25) is 0 Å². The van der Waals surface area contributed by atoms with Gasteiger partial charge in [-0.2, -0.15) is 0 Å². The van der Waals surface area contributed by atoms with E-state index >= 15 is 0 Å². The third kappa shape index (κ3) is 4.39. The van der Waals surface area contributed by atoms with Crippen molar-refractivity contribution in [2.45, 2.75) is 0 Å². The summed E-state index contributed by atoms with van der Waals surface area (Å²) >= 11 is 5.53. The van der Waals surface area contributed by atoms with Gasteiger partial charge in [0.25, 0.3) is 0 Å². The van der Waals surface area contributed by atoms with Gasteiger partial charge in [0.1, 0.15) is 0 Å². The highest BCUT2D eigenvalue weighted by Crippen LogP contribution is 2.49.